The summed E-state index contributed by atoms with van der Waals surface area (Å²) < 4.78 is 0. The minimum Gasteiger partial charge on any atom is -0.477 e. The highest BCUT2D eigenvalue weighted by molar-refractivity contribution is 6.07. The quantitative estimate of drug-likeness (QED) is 0.743. The van der Waals surface area contributed by atoms with Crippen LogP contribution in [-0.4, -0.2) is 16.1 Å². The lowest BCUT2D eigenvalue weighted by Crippen LogP contribution is -1.98. The van der Waals surface area contributed by atoms with E-state index in [2.05, 4.69) is 4.98 Å². The molecule has 4 heteroatoms. The third-order valence-corrected chi connectivity index (χ3v) is 3.22. The summed E-state index contributed by atoms with van der Waals surface area (Å²) in [5, 5.41) is 19.0. The standard InChI is InChI=1S/C16H10N2O2/c17-9-10-5-7-11(8-6-10)14-12-3-1-2-4-13(12)18-15(14)16(19)20/h1-8,18H,(H,19,20). The smallest absolute Gasteiger partial charge is 0.352 e. The van der Waals surface area contributed by atoms with E-state index < -0.39 is 5.97 Å². The van der Waals surface area contributed by atoms with Crippen LogP contribution in [0, 0.1) is 11.3 Å². The van der Waals surface area contributed by atoms with Gasteiger partial charge in [0.2, 0.25) is 0 Å². The molecule has 0 aliphatic heterocycles. The Morgan fingerprint density at radius 3 is 2.45 bits per heavy atom. The molecule has 0 aliphatic rings. The number of para-hydroxylation sites is 1. The van der Waals surface area contributed by atoms with Crippen LogP contribution < -0.4 is 0 Å². The van der Waals surface area contributed by atoms with Crippen molar-refractivity contribution in [1.82, 2.24) is 4.98 Å². The van der Waals surface area contributed by atoms with Gasteiger partial charge in [-0.15, -0.1) is 0 Å². The van der Waals surface area contributed by atoms with Gasteiger partial charge in [-0.3, -0.25) is 0 Å². The fraction of sp³-hybridized carbons (Fsp3) is 0. The van der Waals surface area contributed by atoms with Crippen LogP contribution in [0.2, 0.25) is 0 Å². The van der Waals surface area contributed by atoms with E-state index in [1.54, 1.807) is 24.3 Å². The molecule has 1 heterocycles. The number of nitrogens with zero attached hydrogens (tertiary/aromatic N) is 1. The Bertz CT molecular complexity index is 839. The Labute approximate surface area is 114 Å². The Morgan fingerprint density at radius 2 is 1.80 bits per heavy atom. The normalized spacial score (nSPS) is 10.3. The third-order valence-electron chi connectivity index (χ3n) is 3.22. The van der Waals surface area contributed by atoms with Gasteiger partial charge in [-0.05, 0) is 23.8 Å². The van der Waals surface area contributed by atoms with Crippen LogP contribution in [0.5, 0.6) is 0 Å². The number of rotatable bonds is 2. The molecule has 96 valence electrons. The van der Waals surface area contributed by atoms with Crippen LogP contribution in [0.15, 0.2) is 48.5 Å². The number of aromatic carboxylic acids is 1. The molecule has 0 saturated heterocycles. The van der Waals surface area contributed by atoms with E-state index in [0.29, 0.717) is 11.1 Å². The highest BCUT2D eigenvalue weighted by atomic mass is 16.4. The number of aromatic nitrogens is 1. The molecule has 2 N–H and O–H groups in total. The lowest BCUT2D eigenvalue weighted by Gasteiger charge is -2.02. The molecule has 3 rings (SSSR count). The maximum absolute atomic E-state index is 11.4. The number of nitriles is 1. The molecule has 1 aromatic heterocycles. The number of carboxylic acid groups (broad SMARTS) is 1. The van der Waals surface area contributed by atoms with Crippen molar-refractivity contribution in [3.8, 4) is 17.2 Å². The van der Waals surface area contributed by atoms with E-state index >= 15 is 0 Å². The molecule has 20 heavy (non-hydrogen) atoms. The molecule has 0 bridgehead atoms. The predicted molar refractivity (Wildman–Crippen MR) is 75.4 cm³/mol. The lowest BCUT2D eigenvalue weighted by molar-refractivity contribution is 0.0692. The summed E-state index contributed by atoms with van der Waals surface area (Å²) in [6.07, 6.45) is 0. The molecule has 0 amide bonds. The molecule has 0 saturated carbocycles. The Hall–Kier alpha value is -3.06. The number of carbonyl (C=O) groups is 1. The van der Waals surface area contributed by atoms with E-state index in [9.17, 15) is 9.90 Å². The Morgan fingerprint density at radius 1 is 1.10 bits per heavy atom. The third kappa shape index (κ3) is 1.82. The number of benzene rings is 2. The van der Waals surface area contributed by atoms with E-state index in [0.717, 1.165) is 16.5 Å². The number of fused-ring (bicyclic) bond motifs is 1. The van der Waals surface area contributed by atoms with E-state index in [4.69, 9.17) is 5.26 Å². The molecule has 0 aliphatic carbocycles. The van der Waals surface area contributed by atoms with Gasteiger partial charge >= 0.3 is 5.97 Å². The first-order valence-corrected chi connectivity index (χ1v) is 6.05. The van der Waals surface area contributed by atoms with Gasteiger partial charge < -0.3 is 10.1 Å². The van der Waals surface area contributed by atoms with Crippen LogP contribution in [0.1, 0.15) is 16.1 Å². The van der Waals surface area contributed by atoms with Crippen molar-refractivity contribution in [2.45, 2.75) is 0 Å². The molecule has 3 aromatic rings. The number of aromatic amines is 1. The van der Waals surface area contributed by atoms with Crippen molar-refractivity contribution in [2.24, 2.45) is 0 Å². The van der Waals surface area contributed by atoms with Gasteiger partial charge in [0.1, 0.15) is 5.69 Å². The average molecular weight is 262 g/mol. The summed E-state index contributed by atoms with van der Waals surface area (Å²) in [5.74, 6) is -0.999. The fourth-order valence-corrected chi connectivity index (χ4v) is 2.31. The van der Waals surface area contributed by atoms with Gasteiger partial charge in [0.05, 0.1) is 11.6 Å². The highest BCUT2D eigenvalue weighted by Crippen LogP contribution is 2.32. The van der Waals surface area contributed by atoms with Crippen LogP contribution >= 0.6 is 0 Å². The van der Waals surface area contributed by atoms with E-state index in [1.165, 1.54) is 0 Å². The minimum atomic E-state index is -0.999. The lowest BCUT2D eigenvalue weighted by atomic mass is 10.0. The minimum absolute atomic E-state index is 0.163. The van der Waals surface area contributed by atoms with E-state index in [1.807, 2.05) is 30.3 Å². The van der Waals surface area contributed by atoms with Crippen LogP contribution in [0.4, 0.5) is 0 Å². The molecule has 4 nitrogen and oxygen atoms in total. The van der Waals surface area contributed by atoms with Crippen molar-refractivity contribution in [3.05, 3.63) is 59.8 Å². The highest BCUT2D eigenvalue weighted by Gasteiger charge is 2.18. The SMILES string of the molecule is N#Cc1ccc(-c2c(C(=O)O)[nH]c3ccccc23)cc1. The van der Waals surface area contributed by atoms with E-state index in [-0.39, 0.29) is 5.69 Å². The molecule has 2 aromatic carbocycles. The summed E-state index contributed by atoms with van der Waals surface area (Å²) >= 11 is 0. The molecule has 0 atom stereocenters. The topological polar surface area (TPSA) is 76.9 Å². The second kappa shape index (κ2) is 4.56. The summed E-state index contributed by atoms with van der Waals surface area (Å²) in [5.41, 5.74) is 2.92. The summed E-state index contributed by atoms with van der Waals surface area (Å²) in [6, 6.07) is 16.4. The molecule has 0 radical (unpaired) electrons. The Kier molecular flexibility index (Phi) is 2.73. The van der Waals surface area contributed by atoms with Gasteiger partial charge in [-0.2, -0.15) is 5.26 Å². The monoisotopic (exact) mass is 262 g/mol. The van der Waals surface area contributed by atoms with Crippen molar-refractivity contribution in [2.75, 3.05) is 0 Å². The number of nitrogens with one attached hydrogen (secondary N) is 1. The maximum Gasteiger partial charge on any atom is 0.352 e. The molecule has 0 spiro atoms. The first kappa shape index (κ1) is 12.0. The fourth-order valence-electron chi connectivity index (χ4n) is 2.31. The molecule has 0 unspecified atom stereocenters. The van der Waals surface area contributed by atoms with Crippen molar-refractivity contribution in [1.29, 1.82) is 5.26 Å². The number of hydrogen-bond donors (Lipinski definition) is 2. The summed E-state index contributed by atoms with van der Waals surface area (Å²) in [7, 11) is 0. The number of hydrogen-bond acceptors (Lipinski definition) is 2. The summed E-state index contributed by atoms with van der Waals surface area (Å²) in [4.78, 5) is 14.3. The van der Waals surface area contributed by atoms with Crippen molar-refractivity contribution in [3.63, 3.8) is 0 Å². The van der Waals surface area contributed by atoms with Gasteiger partial charge in [0, 0.05) is 16.5 Å². The zero-order chi connectivity index (χ0) is 14.1. The molecular formula is C16H10N2O2. The largest absolute Gasteiger partial charge is 0.477 e. The molecular weight excluding hydrogens is 252 g/mol. The first-order chi connectivity index (χ1) is 9.70. The van der Waals surface area contributed by atoms with Crippen LogP contribution in [0.3, 0.4) is 0 Å². The second-order valence-electron chi connectivity index (χ2n) is 4.41. The number of carboxylic acids is 1. The predicted octanol–water partition coefficient (Wildman–Crippen LogP) is 3.40. The summed E-state index contributed by atoms with van der Waals surface area (Å²) in [6.45, 7) is 0. The molecule has 0 fully saturated rings. The second-order valence-corrected chi connectivity index (χ2v) is 4.41. The van der Waals surface area contributed by atoms with Gasteiger partial charge in [0.15, 0.2) is 0 Å². The van der Waals surface area contributed by atoms with Gasteiger partial charge in [-0.1, -0.05) is 30.3 Å². The Balaban J connectivity index is 2.30. The van der Waals surface area contributed by atoms with Crippen molar-refractivity contribution < 1.29 is 9.90 Å². The number of H-pyrrole nitrogens is 1. The van der Waals surface area contributed by atoms with Crippen LogP contribution in [0.25, 0.3) is 22.0 Å². The zero-order valence-electron chi connectivity index (χ0n) is 10.4. The van der Waals surface area contributed by atoms with Crippen LogP contribution in [-0.2, 0) is 0 Å². The van der Waals surface area contributed by atoms with Gasteiger partial charge in [-0.25, -0.2) is 4.79 Å². The van der Waals surface area contributed by atoms with Crippen molar-refractivity contribution >= 4 is 16.9 Å². The van der Waals surface area contributed by atoms with Gasteiger partial charge in [0.25, 0.3) is 0 Å². The zero-order valence-corrected chi connectivity index (χ0v) is 10.4. The maximum atomic E-state index is 11.4. The average Bonchev–Trinajstić information content (AvgIpc) is 2.87. The first-order valence-electron chi connectivity index (χ1n) is 6.05.